The minimum absolute atomic E-state index is 0.325. The van der Waals surface area contributed by atoms with E-state index in [1.807, 2.05) is 22.6 Å². The van der Waals surface area contributed by atoms with Crippen molar-refractivity contribution in [1.29, 1.82) is 0 Å². The number of allylic oxidation sites excluding steroid dienone is 1. The van der Waals surface area contributed by atoms with E-state index in [0.29, 0.717) is 27.7 Å². The molecule has 1 aromatic carbocycles. The molecule has 7 heteroatoms. The molecule has 0 saturated heterocycles. The Labute approximate surface area is 138 Å². The lowest BCUT2D eigenvalue weighted by atomic mass is 10.0. The summed E-state index contributed by atoms with van der Waals surface area (Å²) in [6.07, 6.45) is -0.348. The summed E-state index contributed by atoms with van der Waals surface area (Å²) in [5, 5.41) is 0.788. The van der Waals surface area contributed by atoms with Crippen molar-refractivity contribution in [1.82, 2.24) is 4.90 Å². The van der Waals surface area contributed by atoms with Gasteiger partial charge < -0.3 is 4.90 Å². The van der Waals surface area contributed by atoms with Crippen molar-refractivity contribution in [3.05, 3.63) is 39.9 Å². The van der Waals surface area contributed by atoms with Crippen molar-refractivity contribution in [3.8, 4) is 0 Å². The molecule has 1 aliphatic heterocycles. The Morgan fingerprint density at radius 1 is 1.40 bits per heavy atom. The molecule has 108 valence electrons. The van der Waals surface area contributed by atoms with Gasteiger partial charge in [-0.05, 0) is 24.6 Å². The minimum Gasteiger partial charge on any atom is -0.305 e. The Morgan fingerprint density at radius 3 is 2.70 bits per heavy atom. The molecule has 0 spiro atoms. The zero-order chi connectivity index (χ0) is 14.9. The molecule has 0 N–H and O–H groups in total. The fourth-order valence-corrected chi connectivity index (χ4v) is 3.09. The van der Waals surface area contributed by atoms with Crippen LogP contribution < -0.4 is 0 Å². The summed E-state index contributed by atoms with van der Waals surface area (Å²) >= 11 is 13.9. The molecule has 0 radical (unpaired) electrons. The van der Waals surface area contributed by atoms with Gasteiger partial charge in [-0.1, -0.05) is 51.9 Å². The van der Waals surface area contributed by atoms with Gasteiger partial charge >= 0.3 is 0 Å². The highest BCUT2D eigenvalue weighted by molar-refractivity contribution is 14.1. The molecule has 1 aromatic rings. The number of nitrogens with zero attached hydrogens (tertiary/aromatic N) is 1. The van der Waals surface area contributed by atoms with E-state index in [1.54, 1.807) is 18.2 Å². The molecule has 1 heterocycles. The fraction of sp³-hybridized carbons (Fsp3) is 0.308. The maximum absolute atomic E-state index is 12.7. The van der Waals surface area contributed by atoms with Crippen molar-refractivity contribution in [2.75, 3.05) is 6.54 Å². The van der Waals surface area contributed by atoms with Crippen molar-refractivity contribution in [2.24, 2.45) is 0 Å². The van der Waals surface area contributed by atoms with Crippen molar-refractivity contribution in [2.45, 2.75) is 16.8 Å². The molecule has 2 rings (SSSR count). The Kier molecular flexibility index (Phi) is 5.25. The molecular formula is C13H10Cl2F2INO. The second-order valence-electron chi connectivity index (χ2n) is 4.26. The third-order valence-electron chi connectivity index (χ3n) is 2.87. The first-order valence-corrected chi connectivity index (χ1v) is 7.79. The van der Waals surface area contributed by atoms with Crippen LogP contribution in [0.25, 0.3) is 5.70 Å². The summed E-state index contributed by atoms with van der Waals surface area (Å²) in [5.74, 6) is -0.325. The Balaban J connectivity index is 2.43. The quantitative estimate of drug-likeness (QED) is 0.504. The van der Waals surface area contributed by atoms with Crippen LogP contribution in [0.15, 0.2) is 24.3 Å². The lowest BCUT2D eigenvalue weighted by molar-refractivity contribution is -0.128. The van der Waals surface area contributed by atoms with Gasteiger partial charge in [0.2, 0.25) is 5.91 Å². The second-order valence-corrected chi connectivity index (χ2v) is 6.60. The fourth-order valence-electron chi connectivity index (χ4n) is 1.99. The maximum atomic E-state index is 12.7. The average molecular weight is 432 g/mol. The predicted molar refractivity (Wildman–Crippen MR) is 84.6 cm³/mol. The first-order chi connectivity index (χ1) is 9.40. The third kappa shape index (κ3) is 3.43. The van der Waals surface area contributed by atoms with Gasteiger partial charge in [0.1, 0.15) is 0 Å². The summed E-state index contributed by atoms with van der Waals surface area (Å²) in [7, 11) is 0. The normalized spacial score (nSPS) is 19.5. The molecule has 1 unspecified atom stereocenters. The number of hydrogen-bond acceptors (Lipinski definition) is 1. The van der Waals surface area contributed by atoms with Gasteiger partial charge in [0.15, 0.2) is 0 Å². The highest BCUT2D eigenvalue weighted by Gasteiger charge is 2.31. The predicted octanol–water partition coefficient (Wildman–Crippen LogP) is 4.64. The van der Waals surface area contributed by atoms with E-state index in [1.165, 1.54) is 6.07 Å². The SMILES string of the molecule is O=C1C(I)CC=C(c2ccc(Cl)cc2Cl)N1CC(F)F. The zero-order valence-corrected chi connectivity index (χ0v) is 13.8. The van der Waals surface area contributed by atoms with Crippen LogP contribution in [0.5, 0.6) is 0 Å². The highest BCUT2D eigenvalue weighted by Crippen LogP contribution is 2.34. The molecule has 2 nitrogen and oxygen atoms in total. The average Bonchev–Trinajstić information content (AvgIpc) is 2.36. The molecule has 20 heavy (non-hydrogen) atoms. The molecule has 0 aliphatic carbocycles. The Morgan fingerprint density at radius 2 is 2.10 bits per heavy atom. The standard InChI is InChI=1S/C13H10Cl2F2INO/c14-7-1-2-8(9(15)5-7)11-4-3-10(18)13(20)19(11)6-12(16)17/h1-2,4-5,10,12H,3,6H2. The van der Waals surface area contributed by atoms with Crippen molar-refractivity contribution < 1.29 is 13.6 Å². The summed E-state index contributed by atoms with van der Waals surface area (Å²) in [5.41, 5.74) is 0.957. The van der Waals surface area contributed by atoms with E-state index in [2.05, 4.69) is 0 Å². The number of amides is 1. The zero-order valence-electron chi connectivity index (χ0n) is 10.1. The van der Waals surface area contributed by atoms with E-state index in [-0.39, 0.29) is 9.83 Å². The van der Waals surface area contributed by atoms with Crippen LogP contribution in [0.2, 0.25) is 10.0 Å². The van der Waals surface area contributed by atoms with Crippen LogP contribution in [0.4, 0.5) is 8.78 Å². The maximum Gasteiger partial charge on any atom is 0.256 e. The van der Waals surface area contributed by atoms with Crippen LogP contribution in [0.3, 0.4) is 0 Å². The van der Waals surface area contributed by atoms with Crippen molar-refractivity contribution >= 4 is 57.4 Å². The Hall–Kier alpha value is -0.400. The number of rotatable bonds is 3. The van der Waals surface area contributed by atoms with Crippen LogP contribution in [0.1, 0.15) is 12.0 Å². The van der Waals surface area contributed by atoms with Crippen LogP contribution >= 0.6 is 45.8 Å². The van der Waals surface area contributed by atoms with Gasteiger partial charge in [-0.25, -0.2) is 8.78 Å². The van der Waals surface area contributed by atoms with Gasteiger partial charge in [0, 0.05) is 16.3 Å². The first kappa shape index (κ1) is 16.0. The monoisotopic (exact) mass is 431 g/mol. The lowest BCUT2D eigenvalue weighted by Gasteiger charge is -2.31. The lowest BCUT2D eigenvalue weighted by Crippen LogP contribution is -2.40. The molecular weight excluding hydrogens is 422 g/mol. The number of benzene rings is 1. The third-order valence-corrected chi connectivity index (χ3v) is 4.46. The second kappa shape index (κ2) is 6.58. The molecule has 0 aromatic heterocycles. The van der Waals surface area contributed by atoms with Crippen molar-refractivity contribution in [3.63, 3.8) is 0 Å². The number of halogens is 5. The van der Waals surface area contributed by atoms with E-state index in [0.717, 1.165) is 4.90 Å². The molecule has 0 fully saturated rings. The largest absolute Gasteiger partial charge is 0.305 e. The number of carbonyl (C=O) groups is 1. The van der Waals surface area contributed by atoms with Gasteiger partial charge in [0.25, 0.3) is 6.43 Å². The van der Waals surface area contributed by atoms with E-state index < -0.39 is 13.0 Å². The van der Waals surface area contributed by atoms with Gasteiger partial charge in [0.05, 0.1) is 15.5 Å². The Bertz CT molecular complexity index is 565. The molecule has 1 atom stereocenters. The molecule has 1 amide bonds. The van der Waals surface area contributed by atoms with E-state index >= 15 is 0 Å². The van der Waals surface area contributed by atoms with Crippen LogP contribution in [0, 0.1) is 0 Å². The van der Waals surface area contributed by atoms with Crippen LogP contribution in [-0.4, -0.2) is 27.7 Å². The molecule has 0 bridgehead atoms. The molecule has 0 saturated carbocycles. The highest BCUT2D eigenvalue weighted by atomic mass is 127. The van der Waals surface area contributed by atoms with E-state index in [9.17, 15) is 13.6 Å². The van der Waals surface area contributed by atoms with Crippen LogP contribution in [-0.2, 0) is 4.79 Å². The van der Waals surface area contributed by atoms with Gasteiger partial charge in [-0.2, -0.15) is 0 Å². The first-order valence-electron chi connectivity index (χ1n) is 5.79. The number of alkyl halides is 3. The smallest absolute Gasteiger partial charge is 0.256 e. The number of carbonyl (C=O) groups excluding carboxylic acids is 1. The van der Waals surface area contributed by atoms with Gasteiger partial charge in [-0.15, -0.1) is 0 Å². The summed E-state index contributed by atoms with van der Waals surface area (Å²) in [6, 6.07) is 4.78. The van der Waals surface area contributed by atoms with Gasteiger partial charge in [-0.3, -0.25) is 4.79 Å². The summed E-state index contributed by atoms with van der Waals surface area (Å²) in [4.78, 5) is 13.2. The van der Waals surface area contributed by atoms with E-state index in [4.69, 9.17) is 23.2 Å². The molecule has 1 aliphatic rings. The topological polar surface area (TPSA) is 20.3 Å². The number of hydrogen-bond donors (Lipinski definition) is 0. The minimum atomic E-state index is -2.60. The summed E-state index contributed by atoms with van der Waals surface area (Å²) < 4.78 is 25.1. The summed E-state index contributed by atoms with van der Waals surface area (Å²) in [6.45, 7) is -0.636.